The Bertz CT molecular complexity index is 616. The van der Waals surface area contributed by atoms with Gasteiger partial charge in [0.1, 0.15) is 6.26 Å². The highest BCUT2D eigenvalue weighted by Crippen LogP contribution is 2.43. The zero-order valence-electron chi connectivity index (χ0n) is 15.0. The number of furan rings is 1. The number of hydrogen-bond donors (Lipinski definition) is 1. The van der Waals surface area contributed by atoms with Gasteiger partial charge in [-0.05, 0) is 33.0 Å². The molecule has 1 N–H and O–H groups in total. The van der Waals surface area contributed by atoms with Crippen LogP contribution >= 0.6 is 0 Å². The first-order chi connectivity index (χ1) is 11.9. The van der Waals surface area contributed by atoms with E-state index in [-0.39, 0.29) is 11.8 Å². The summed E-state index contributed by atoms with van der Waals surface area (Å²) in [6.45, 7) is 4.17. The van der Waals surface area contributed by atoms with Gasteiger partial charge in [0.2, 0.25) is 0 Å². The van der Waals surface area contributed by atoms with Crippen LogP contribution in [0, 0.1) is 11.3 Å². The molecular weight excluding hydrogens is 322 g/mol. The molecule has 0 saturated carbocycles. The largest absolute Gasteiger partial charge is 0.481 e. The second-order valence-corrected chi connectivity index (χ2v) is 7.56. The lowest BCUT2D eigenvalue weighted by atomic mass is 9.75. The van der Waals surface area contributed by atoms with Crippen LogP contribution in [0.4, 0.5) is 0 Å². The number of carbonyl (C=O) groups excluding carboxylic acids is 1. The van der Waals surface area contributed by atoms with Gasteiger partial charge < -0.3 is 24.2 Å². The van der Waals surface area contributed by atoms with E-state index in [1.807, 2.05) is 14.1 Å². The standard InChI is InChI=1S/C18H27N3O4/c1-19(2)7-8-20-10-15-11-21(16(22)14-4-9-25-12-14)6-3-5-18(15,13-20)17(23)24/h4,9,12,15H,3,5-8,10-11,13H2,1-2H3,(H,23,24)/t15-,18+/m1/s1. The quantitative estimate of drug-likeness (QED) is 0.857. The minimum Gasteiger partial charge on any atom is -0.481 e. The number of likely N-dealkylation sites (tertiary alicyclic amines) is 2. The van der Waals surface area contributed by atoms with Gasteiger partial charge in [0.05, 0.1) is 17.2 Å². The van der Waals surface area contributed by atoms with Gasteiger partial charge in [-0.25, -0.2) is 0 Å². The predicted octanol–water partition coefficient (Wildman–Crippen LogP) is 1.08. The molecule has 3 rings (SSSR count). The van der Waals surface area contributed by atoms with Gasteiger partial charge in [-0.15, -0.1) is 0 Å². The summed E-state index contributed by atoms with van der Waals surface area (Å²) in [5.41, 5.74) is -0.206. The van der Waals surface area contributed by atoms with E-state index in [1.54, 1.807) is 11.0 Å². The first-order valence-electron chi connectivity index (χ1n) is 8.84. The van der Waals surface area contributed by atoms with Crippen molar-refractivity contribution in [2.45, 2.75) is 12.8 Å². The number of fused-ring (bicyclic) bond motifs is 1. The van der Waals surface area contributed by atoms with Crippen molar-refractivity contribution in [1.82, 2.24) is 14.7 Å². The molecule has 138 valence electrons. The van der Waals surface area contributed by atoms with E-state index >= 15 is 0 Å². The van der Waals surface area contributed by atoms with Gasteiger partial charge >= 0.3 is 5.97 Å². The Kier molecular flexibility index (Phi) is 5.15. The molecule has 0 radical (unpaired) electrons. The topological polar surface area (TPSA) is 77.2 Å². The Morgan fingerprint density at radius 2 is 2.20 bits per heavy atom. The van der Waals surface area contributed by atoms with E-state index in [9.17, 15) is 14.7 Å². The van der Waals surface area contributed by atoms with Crippen LogP contribution in [0.5, 0.6) is 0 Å². The molecule has 7 heteroatoms. The lowest BCUT2D eigenvalue weighted by molar-refractivity contribution is -0.150. The van der Waals surface area contributed by atoms with Crippen LogP contribution in [-0.4, -0.2) is 85.0 Å². The third-order valence-corrected chi connectivity index (χ3v) is 5.60. The average molecular weight is 349 g/mol. The number of carboxylic acid groups (broad SMARTS) is 1. The molecular formula is C18H27N3O4. The lowest BCUT2D eigenvalue weighted by Crippen LogP contribution is -2.42. The van der Waals surface area contributed by atoms with Crippen molar-refractivity contribution in [3.63, 3.8) is 0 Å². The number of carboxylic acids is 1. The number of rotatable bonds is 5. The molecule has 0 aromatic carbocycles. The molecule has 2 fully saturated rings. The highest BCUT2D eigenvalue weighted by atomic mass is 16.4. The van der Waals surface area contributed by atoms with Gasteiger partial charge in [-0.1, -0.05) is 0 Å². The maximum absolute atomic E-state index is 12.7. The van der Waals surface area contributed by atoms with Crippen molar-refractivity contribution in [2.24, 2.45) is 11.3 Å². The second kappa shape index (κ2) is 7.17. The van der Waals surface area contributed by atoms with Crippen molar-refractivity contribution >= 4 is 11.9 Å². The van der Waals surface area contributed by atoms with E-state index in [0.29, 0.717) is 38.0 Å². The average Bonchev–Trinajstić information content (AvgIpc) is 3.17. The summed E-state index contributed by atoms with van der Waals surface area (Å²) >= 11 is 0. The smallest absolute Gasteiger partial charge is 0.311 e. The van der Waals surface area contributed by atoms with E-state index in [0.717, 1.165) is 19.6 Å². The first-order valence-corrected chi connectivity index (χ1v) is 8.84. The fraction of sp³-hybridized carbons (Fsp3) is 0.667. The minimum atomic E-state index is -0.738. The van der Waals surface area contributed by atoms with Crippen LogP contribution < -0.4 is 0 Å². The molecule has 25 heavy (non-hydrogen) atoms. The third kappa shape index (κ3) is 3.57. The van der Waals surface area contributed by atoms with Gasteiger partial charge in [0.15, 0.2) is 0 Å². The van der Waals surface area contributed by atoms with Gasteiger partial charge in [0, 0.05) is 45.2 Å². The molecule has 3 heterocycles. The second-order valence-electron chi connectivity index (χ2n) is 7.56. The maximum Gasteiger partial charge on any atom is 0.311 e. The number of nitrogens with zero attached hydrogens (tertiary/aromatic N) is 3. The highest BCUT2D eigenvalue weighted by molar-refractivity contribution is 5.94. The molecule has 2 aliphatic rings. The molecule has 0 aliphatic carbocycles. The van der Waals surface area contributed by atoms with E-state index < -0.39 is 11.4 Å². The molecule has 0 spiro atoms. The normalized spacial score (nSPS) is 27.3. The van der Waals surface area contributed by atoms with E-state index in [2.05, 4.69) is 9.80 Å². The summed E-state index contributed by atoms with van der Waals surface area (Å²) in [7, 11) is 4.04. The summed E-state index contributed by atoms with van der Waals surface area (Å²) < 4.78 is 5.02. The Hall–Kier alpha value is -1.86. The van der Waals surface area contributed by atoms with Crippen LogP contribution in [0.1, 0.15) is 23.2 Å². The number of likely N-dealkylation sites (N-methyl/N-ethyl adjacent to an activating group) is 1. The molecule has 7 nitrogen and oxygen atoms in total. The molecule has 1 aromatic rings. The summed E-state index contributed by atoms with van der Waals surface area (Å²) in [4.78, 5) is 31.0. The lowest BCUT2D eigenvalue weighted by Gasteiger charge is -2.29. The summed E-state index contributed by atoms with van der Waals surface area (Å²) in [6.07, 6.45) is 4.29. The van der Waals surface area contributed by atoms with Crippen LogP contribution in [-0.2, 0) is 4.79 Å². The summed E-state index contributed by atoms with van der Waals surface area (Å²) in [5, 5.41) is 9.97. The third-order valence-electron chi connectivity index (χ3n) is 5.60. The Morgan fingerprint density at radius 3 is 2.84 bits per heavy atom. The number of aliphatic carboxylic acids is 1. The minimum absolute atomic E-state index is 0.0366. The fourth-order valence-corrected chi connectivity index (χ4v) is 4.15. The Morgan fingerprint density at radius 1 is 1.40 bits per heavy atom. The number of hydrogen-bond acceptors (Lipinski definition) is 5. The van der Waals surface area contributed by atoms with Gasteiger partial charge in [-0.3, -0.25) is 9.59 Å². The van der Waals surface area contributed by atoms with Crippen LogP contribution in [0.3, 0.4) is 0 Å². The van der Waals surface area contributed by atoms with Gasteiger partial charge in [0.25, 0.3) is 5.91 Å². The summed E-state index contributed by atoms with van der Waals surface area (Å²) in [5.74, 6) is -0.824. The molecule has 1 aromatic heterocycles. The van der Waals surface area contributed by atoms with Crippen molar-refractivity contribution in [3.05, 3.63) is 24.2 Å². The van der Waals surface area contributed by atoms with Crippen LogP contribution in [0.2, 0.25) is 0 Å². The van der Waals surface area contributed by atoms with Crippen LogP contribution in [0.15, 0.2) is 23.0 Å². The molecule has 2 aliphatic heterocycles. The zero-order valence-corrected chi connectivity index (χ0v) is 15.0. The number of carbonyl (C=O) groups is 2. The van der Waals surface area contributed by atoms with Crippen LogP contribution in [0.25, 0.3) is 0 Å². The SMILES string of the molecule is CN(C)CCN1C[C@@H]2CN(C(=O)c3ccoc3)CCC[C@]2(C(=O)O)C1. The molecule has 1 amide bonds. The zero-order chi connectivity index (χ0) is 18.0. The van der Waals surface area contributed by atoms with Gasteiger partial charge in [-0.2, -0.15) is 0 Å². The fourth-order valence-electron chi connectivity index (χ4n) is 4.15. The van der Waals surface area contributed by atoms with Crippen molar-refractivity contribution in [3.8, 4) is 0 Å². The number of amides is 1. The Labute approximate surface area is 148 Å². The van der Waals surface area contributed by atoms with Crippen molar-refractivity contribution in [2.75, 3.05) is 53.4 Å². The Balaban J connectivity index is 1.76. The molecule has 2 atom stereocenters. The van der Waals surface area contributed by atoms with Crippen molar-refractivity contribution < 1.29 is 19.1 Å². The molecule has 0 bridgehead atoms. The molecule has 0 unspecified atom stereocenters. The predicted molar refractivity (Wildman–Crippen MR) is 92.4 cm³/mol. The maximum atomic E-state index is 12.7. The van der Waals surface area contributed by atoms with E-state index in [4.69, 9.17) is 4.42 Å². The monoisotopic (exact) mass is 349 g/mol. The molecule has 2 saturated heterocycles. The first kappa shape index (κ1) is 17.9. The van der Waals surface area contributed by atoms with Crippen molar-refractivity contribution in [1.29, 1.82) is 0 Å². The highest BCUT2D eigenvalue weighted by Gasteiger charge is 2.53. The van der Waals surface area contributed by atoms with E-state index in [1.165, 1.54) is 12.5 Å². The summed E-state index contributed by atoms with van der Waals surface area (Å²) in [6, 6.07) is 1.66.